The second-order valence-electron chi connectivity index (χ2n) is 6.74. The first-order chi connectivity index (χ1) is 12.9. The number of aromatic nitrogens is 1. The standard InChI is InChI=1S/C21H22F3N3/c1-3-27(4-2)20-17(13-25)19(14-8-6-5-7-9-14)16-12-15(21(22,23)24)10-11-18(16)26-20/h5-9,15H,3-4,10-12H2,1-2H3. The van der Waals surface area contributed by atoms with Crippen LogP contribution in [0.15, 0.2) is 30.3 Å². The average molecular weight is 373 g/mol. The monoisotopic (exact) mass is 373 g/mol. The van der Waals surface area contributed by atoms with Gasteiger partial charge in [0.25, 0.3) is 0 Å². The Kier molecular flexibility index (Phi) is 5.41. The van der Waals surface area contributed by atoms with Crippen LogP contribution in [0.1, 0.15) is 37.1 Å². The van der Waals surface area contributed by atoms with Crippen molar-refractivity contribution in [2.24, 2.45) is 5.92 Å². The van der Waals surface area contributed by atoms with Crippen LogP contribution in [0.25, 0.3) is 11.1 Å². The SMILES string of the molecule is CCN(CC)c1nc2c(c(-c3ccccc3)c1C#N)CC(C(F)(F)F)CC2. The number of hydrogen-bond acceptors (Lipinski definition) is 3. The molecule has 27 heavy (non-hydrogen) atoms. The third kappa shape index (κ3) is 3.64. The smallest absolute Gasteiger partial charge is 0.356 e. The third-order valence-corrected chi connectivity index (χ3v) is 5.24. The Morgan fingerprint density at radius 1 is 1.19 bits per heavy atom. The summed E-state index contributed by atoms with van der Waals surface area (Å²) in [5, 5.41) is 9.89. The number of halogens is 3. The van der Waals surface area contributed by atoms with Gasteiger partial charge >= 0.3 is 6.18 Å². The number of rotatable bonds is 4. The van der Waals surface area contributed by atoms with Crippen LogP contribution in [0.2, 0.25) is 0 Å². The maximum atomic E-state index is 13.4. The second-order valence-corrected chi connectivity index (χ2v) is 6.74. The predicted molar refractivity (Wildman–Crippen MR) is 99.5 cm³/mol. The van der Waals surface area contributed by atoms with Gasteiger partial charge in [0, 0.05) is 24.3 Å². The molecular weight excluding hydrogens is 351 g/mol. The lowest BCUT2D eigenvalue weighted by atomic mass is 9.81. The van der Waals surface area contributed by atoms with Gasteiger partial charge in [-0.1, -0.05) is 30.3 Å². The van der Waals surface area contributed by atoms with Gasteiger partial charge in [-0.05, 0) is 44.2 Å². The van der Waals surface area contributed by atoms with Crippen LogP contribution in [-0.4, -0.2) is 24.2 Å². The molecule has 1 aromatic carbocycles. The maximum absolute atomic E-state index is 13.4. The Morgan fingerprint density at radius 3 is 2.41 bits per heavy atom. The number of pyridine rings is 1. The molecule has 0 bridgehead atoms. The molecule has 0 saturated heterocycles. The van der Waals surface area contributed by atoms with Crippen molar-refractivity contribution >= 4 is 5.82 Å². The molecule has 1 aliphatic rings. The summed E-state index contributed by atoms with van der Waals surface area (Å²) in [5.41, 5.74) is 3.01. The molecule has 0 spiro atoms. The molecular formula is C21H22F3N3. The number of aryl methyl sites for hydroxylation is 1. The van der Waals surface area contributed by atoms with E-state index in [9.17, 15) is 18.4 Å². The van der Waals surface area contributed by atoms with Crippen LogP contribution in [0.4, 0.5) is 19.0 Å². The summed E-state index contributed by atoms with van der Waals surface area (Å²) in [6.07, 6.45) is -4.04. The number of benzene rings is 1. The van der Waals surface area contributed by atoms with Gasteiger partial charge < -0.3 is 4.90 Å². The van der Waals surface area contributed by atoms with E-state index in [0.29, 0.717) is 41.3 Å². The van der Waals surface area contributed by atoms with Gasteiger partial charge in [-0.25, -0.2) is 4.98 Å². The number of nitrogens with zero attached hydrogens (tertiary/aromatic N) is 3. The molecule has 0 amide bonds. The first-order valence-corrected chi connectivity index (χ1v) is 9.23. The molecule has 1 unspecified atom stereocenters. The van der Waals surface area contributed by atoms with Gasteiger partial charge in [0.15, 0.2) is 0 Å². The summed E-state index contributed by atoms with van der Waals surface area (Å²) in [5.74, 6) is -0.814. The minimum Gasteiger partial charge on any atom is -0.356 e. The number of anilines is 1. The molecule has 0 radical (unpaired) electrons. The predicted octanol–water partition coefficient (Wildman–Crippen LogP) is 5.13. The fourth-order valence-electron chi connectivity index (χ4n) is 3.80. The van der Waals surface area contributed by atoms with Crippen molar-refractivity contribution in [3.63, 3.8) is 0 Å². The Morgan fingerprint density at radius 2 is 1.85 bits per heavy atom. The van der Waals surface area contributed by atoms with Gasteiger partial charge in [0.05, 0.1) is 5.92 Å². The highest BCUT2D eigenvalue weighted by atomic mass is 19.4. The largest absolute Gasteiger partial charge is 0.392 e. The van der Waals surface area contributed by atoms with Crippen molar-refractivity contribution in [3.8, 4) is 17.2 Å². The summed E-state index contributed by atoms with van der Waals surface area (Å²) >= 11 is 0. The molecule has 3 nitrogen and oxygen atoms in total. The molecule has 1 aliphatic carbocycles. The molecule has 0 N–H and O–H groups in total. The van der Waals surface area contributed by atoms with E-state index in [2.05, 4.69) is 11.1 Å². The molecule has 6 heteroatoms. The van der Waals surface area contributed by atoms with Crippen LogP contribution in [0.5, 0.6) is 0 Å². The molecule has 0 aliphatic heterocycles. The van der Waals surface area contributed by atoms with Crippen molar-refractivity contribution in [2.45, 2.75) is 39.3 Å². The average Bonchev–Trinajstić information content (AvgIpc) is 2.67. The third-order valence-electron chi connectivity index (χ3n) is 5.24. The lowest BCUT2D eigenvalue weighted by Crippen LogP contribution is -2.31. The highest BCUT2D eigenvalue weighted by molar-refractivity contribution is 5.80. The van der Waals surface area contributed by atoms with E-state index in [-0.39, 0.29) is 19.3 Å². The fourth-order valence-corrected chi connectivity index (χ4v) is 3.80. The number of hydrogen-bond donors (Lipinski definition) is 0. The molecule has 0 fully saturated rings. The second kappa shape index (κ2) is 7.59. The van der Waals surface area contributed by atoms with Crippen molar-refractivity contribution in [2.75, 3.05) is 18.0 Å². The van der Waals surface area contributed by atoms with Crippen molar-refractivity contribution in [1.29, 1.82) is 5.26 Å². The Hall–Kier alpha value is -2.55. The molecule has 0 saturated carbocycles. The molecule has 1 atom stereocenters. The maximum Gasteiger partial charge on any atom is 0.392 e. The van der Waals surface area contributed by atoms with Crippen molar-refractivity contribution in [3.05, 3.63) is 47.2 Å². The number of fused-ring (bicyclic) bond motifs is 1. The van der Waals surface area contributed by atoms with E-state index >= 15 is 0 Å². The van der Waals surface area contributed by atoms with Gasteiger partial charge in [-0.3, -0.25) is 0 Å². The van der Waals surface area contributed by atoms with Gasteiger partial charge in [0.1, 0.15) is 17.5 Å². The molecule has 142 valence electrons. The summed E-state index contributed by atoms with van der Waals surface area (Å²) in [4.78, 5) is 6.65. The minimum atomic E-state index is -4.24. The van der Waals surface area contributed by atoms with E-state index in [0.717, 1.165) is 5.56 Å². The van der Waals surface area contributed by atoms with E-state index in [1.54, 1.807) is 0 Å². The zero-order valence-electron chi connectivity index (χ0n) is 15.5. The zero-order valence-corrected chi connectivity index (χ0v) is 15.5. The Bertz CT molecular complexity index is 850. The molecule has 1 aromatic heterocycles. The lowest BCUT2D eigenvalue weighted by Gasteiger charge is -2.31. The van der Waals surface area contributed by atoms with E-state index in [1.165, 1.54) is 0 Å². The summed E-state index contributed by atoms with van der Waals surface area (Å²) in [6, 6.07) is 11.5. The van der Waals surface area contributed by atoms with E-state index in [4.69, 9.17) is 0 Å². The zero-order chi connectivity index (χ0) is 19.6. The summed E-state index contributed by atoms with van der Waals surface area (Å²) < 4.78 is 40.1. The van der Waals surface area contributed by atoms with Gasteiger partial charge in [-0.2, -0.15) is 18.4 Å². The van der Waals surface area contributed by atoms with Gasteiger partial charge in [-0.15, -0.1) is 0 Å². The van der Waals surface area contributed by atoms with Crippen molar-refractivity contribution in [1.82, 2.24) is 4.98 Å². The number of nitriles is 1. The summed E-state index contributed by atoms with van der Waals surface area (Å²) in [6.45, 7) is 5.31. The first-order valence-electron chi connectivity index (χ1n) is 9.23. The van der Waals surface area contributed by atoms with Crippen LogP contribution < -0.4 is 4.90 Å². The van der Waals surface area contributed by atoms with E-state index < -0.39 is 12.1 Å². The van der Waals surface area contributed by atoms with Crippen molar-refractivity contribution < 1.29 is 13.2 Å². The highest BCUT2D eigenvalue weighted by Gasteiger charge is 2.42. The lowest BCUT2D eigenvalue weighted by molar-refractivity contribution is -0.177. The topological polar surface area (TPSA) is 39.9 Å². The molecule has 3 rings (SSSR count). The quantitative estimate of drug-likeness (QED) is 0.746. The van der Waals surface area contributed by atoms with Crippen LogP contribution >= 0.6 is 0 Å². The highest BCUT2D eigenvalue weighted by Crippen LogP contribution is 2.43. The summed E-state index contributed by atoms with van der Waals surface area (Å²) in [7, 11) is 0. The first kappa shape index (κ1) is 19.2. The van der Waals surface area contributed by atoms with Crippen LogP contribution in [0, 0.1) is 17.2 Å². The normalized spacial score (nSPS) is 16.5. The molecule has 2 aromatic rings. The van der Waals surface area contributed by atoms with Gasteiger partial charge in [0.2, 0.25) is 0 Å². The Labute approximate surface area is 157 Å². The Balaban J connectivity index is 2.27. The van der Waals surface area contributed by atoms with E-state index in [1.807, 2.05) is 49.1 Å². The van der Waals surface area contributed by atoms with Crippen LogP contribution in [0.3, 0.4) is 0 Å². The fraction of sp³-hybridized carbons (Fsp3) is 0.429. The minimum absolute atomic E-state index is 0.0430. The molecule has 1 heterocycles. The van der Waals surface area contributed by atoms with Crippen LogP contribution in [-0.2, 0) is 12.8 Å². The number of alkyl halides is 3.